The Morgan fingerprint density at radius 2 is 2.06 bits per heavy atom. The minimum Gasteiger partial charge on any atom is -0.480 e. The normalized spacial score (nSPS) is 14.2. The van der Waals surface area contributed by atoms with Crippen LogP contribution >= 0.6 is 22.9 Å². The van der Waals surface area contributed by atoms with Gasteiger partial charge in [0, 0.05) is 4.88 Å². The van der Waals surface area contributed by atoms with Crippen LogP contribution in [0.1, 0.15) is 24.6 Å². The third-order valence-corrected chi connectivity index (χ3v) is 3.56. The van der Waals surface area contributed by atoms with Gasteiger partial charge in [-0.2, -0.15) is 0 Å². The number of hydrogen-bond donors (Lipinski definition) is 2. The Kier molecular flexibility index (Phi) is 4.32. The molecule has 0 spiro atoms. The smallest absolute Gasteiger partial charge is 0.325 e. The van der Waals surface area contributed by atoms with Crippen LogP contribution in [-0.4, -0.2) is 23.0 Å². The maximum atomic E-state index is 11.7. The summed E-state index contributed by atoms with van der Waals surface area (Å²) in [6, 6.07) is 2.60. The molecule has 88 valence electrons. The van der Waals surface area contributed by atoms with Gasteiger partial charge < -0.3 is 10.4 Å². The number of carboxylic acid groups (broad SMARTS) is 1. The van der Waals surface area contributed by atoms with Crippen LogP contribution in [0.5, 0.6) is 0 Å². The van der Waals surface area contributed by atoms with E-state index in [9.17, 15) is 9.59 Å². The number of amides is 1. The summed E-state index contributed by atoms with van der Waals surface area (Å²) >= 11 is 7.07. The second-order valence-electron chi connectivity index (χ2n) is 3.43. The van der Waals surface area contributed by atoms with Crippen molar-refractivity contribution in [2.45, 2.75) is 25.8 Å². The van der Waals surface area contributed by atoms with Gasteiger partial charge in [-0.05, 0) is 26.0 Å². The van der Waals surface area contributed by atoms with E-state index in [4.69, 9.17) is 16.7 Å². The molecule has 1 aromatic rings. The molecule has 0 aliphatic rings. The molecule has 0 aromatic carbocycles. The van der Waals surface area contributed by atoms with Gasteiger partial charge in [-0.3, -0.25) is 9.59 Å². The maximum absolute atomic E-state index is 11.7. The minimum absolute atomic E-state index is 0.312. The highest BCUT2D eigenvalue weighted by Crippen LogP contribution is 2.28. The topological polar surface area (TPSA) is 66.4 Å². The number of rotatable bonds is 4. The van der Waals surface area contributed by atoms with Crippen LogP contribution in [0.25, 0.3) is 0 Å². The molecule has 0 radical (unpaired) electrons. The van der Waals surface area contributed by atoms with E-state index in [0.29, 0.717) is 4.34 Å². The van der Waals surface area contributed by atoms with Gasteiger partial charge in [0.1, 0.15) is 6.04 Å². The number of aliphatic carboxylic acids is 1. The fourth-order valence-electron chi connectivity index (χ4n) is 1.09. The number of thiophene rings is 1. The molecule has 2 N–H and O–H groups in total. The van der Waals surface area contributed by atoms with Crippen molar-refractivity contribution in [1.29, 1.82) is 0 Å². The predicted octanol–water partition coefficient (Wildman–Crippen LogP) is 2.09. The van der Waals surface area contributed by atoms with Crippen molar-refractivity contribution in [3.8, 4) is 0 Å². The van der Waals surface area contributed by atoms with Crippen LogP contribution in [-0.2, 0) is 9.59 Å². The van der Waals surface area contributed by atoms with Crippen molar-refractivity contribution in [3.05, 3.63) is 21.3 Å². The molecule has 0 saturated carbocycles. The molecule has 1 rings (SSSR count). The van der Waals surface area contributed by atoms with Crippen molar-refractivity contribution in [2.75, 3.05) is 0 Å². The minimum atomic E-state index is -1.05. The number of carbonyl (C=O) groups is 2. The zero-order valence-electron chi connectivity index (χ0n) is 8.86. The molecule has 1 aromatic heterocycles. The van der Waals surface area contributed by atoms with Gasteiger partial charge >= 0.3 is 5.97 Å². The van der Waals surface area contributed by atoms with E-state index in [1.807, 2.05) is 0 Å². The van der Waals surface area contributed by atoms with Crippen molar-refractivity contribution in [1.82, 2.24) is 5.32 Å². The van der Waals surface area contributed by atoms with Crippen molar-refractivity contribution in [3.63, 3.8) is 0 Å². The van der Waals surface area contributed by atoms with E-state index >= 15 is 0 Å². The molecule has 2 atom stereocenters. The highest BCUT2D eigenvalue weighted by Gasteiger charge is 2.21. The summed E-state index contributed by atoms with van der Waals surface area (Å²) in [6.07, 6.45) is 0. The molecule has 16 heavy (non-hydrogen) atoms. The molecule has 4 nitrogen and oxygen atoms in total. The Morgan fingerprint density at radius 3 is 2.50 bits per heavy atom. The van der Waals surface area contributed by atoms with Crippen LogP contribution in [0.3, 0.4) is 0 Å². The van der Waals surface area contributed by atoms with E-state index in [0.717, 1.165) is 4.88 Å². The molecule has 0 fully saturated rings. The first-order chi connectivity index (χ1) is 7.41. The highest BCUT2D eigenvalue weighted by molar-refractivity contribution is 7.16. The summed E-state index contributed by atoms with van der Waals surface area (Å²) in [5.74, 6) is -1.75. The molecule has 0 aliphatic carbocycles. The number of carboxylic acids is 1. The second kappa shape index (κ2) is 5.32. The average Bonchev–Trinajstić information content (AvgIpc) is 2.63. The third-order valence-electron chi connectivity index (χ3n) is 2.14. The van der Waals surface area contributed by atoms with Gasteiger partial charge in [-0.15, -0.1) is 11.3 Å². The molecular formula is C10H12ClNO3S. The Hall–Kier alpha value is -1.07. The number of carbonyl (C=O) groups excluding carboxylic acids is 1. The van der Waals surface area contributed by atoms with Crippen LogP contribution in [0, 0.1) is 0 Å². The van der Waals surface area contributed by atoms with E-state index < -0.39 is 12.0 Å². The lowest BCUT2D eigenvalue weighted by Crippen LogP contribution is -2.40. The lowest BCUT2D eigenvalue weighted by molar-refractivity contribution is -0.141. The zero-order valence-corrected chi connectivity index (χ0v) is 10.4. The Bertz CT molecular complexity index is 405. The second-order valence-corrected chi connectivity index (χ2v) is 5.18. The molecule has 0 bridgehead atoms. The molecule has 0 saturated heterocycles. The molecule has 0 aliphatic heterocycles. The molecule has 1 heterocycles. The SMILES string of the molecule is CC(C(=O)N[C@H](C)C(=O)O)c1ccc(Cl)s1. The van der Waals surface area contributed by atoms with Gasteiger partial charge in [0.15, 0.2) is 0 Å². The lowest BCUT2D eigenvalue weighted by atomic mass is 10.1. The summed E-state index contributed by atoms with van der Waals surface area (Å²) in [7, 11) is 0. The fourth-order valence-corrected chi connectivity index (χ4v) is 2.20. The van der Waals surface area contributed by atoms with Gasteiger partial charge in [0.25, 0.3) is 0 Å². The summed E-state index contributed by atoms with van der Waals surface area (Å²) in [5.41, 5.74) is 0. The highest BCUT2D eigenvalue weighted by atomic mass is 35.5. The number of nitrogens with one attached hydrogen (secondary N) is 1. The average molecular weight is 262 g/mol. The van der Waals surface area contributed by atoms with Crippen LogP contribution in [0.4, 0.5) is 0 Å². The van der Waals surface area contributed by atoms with Gasteiger partial charge in [-0.1, -0.05) is 11.6 Å². The summed E-state index contributed by atoms with van der Waals surface area (Å²) < 4.78 is 0.612. The van der Waals surface area contributed by atoms with E-state index in [-0.39, 0.29) is 11.8 Å². The largest absolute Gasteiger partial charge is 0.480 e. The zero-order chi connectivity index (χ0) is 12.3. The molecule has 1 unspecified atom stereocenters. The fraction of sp³-hybridized carbons (Fsp3) is 0.400. The van der Waals surface area contributed by atoms with Crippen LogP contribution in [0.2, 0.25) is 4.34 Å². The summed E-state index contributed by atoms with van der Waals surface area (Å²) in [6.45, 7) is 3.14. The van der Waals surface area contributed by atoms with Gasteiger partial charge in [-0.25, -0.2) is 0 Å². The standard InChI is InChI=1S/C10H12ClNO3S/c1-5(7-3-4-8(11)16-7)9(13)12-6(2)10(14)15/h3-6H,1-2H3,(H,12,13)(H,14,15)/t5?,6-/m1/s1. The van der Waals surface area contributed by atoms with Gasteiger partial charge in [0.05, 0.1) is 10.3 Å². The third kappa shape index (κ3) is 3.21. The number of halogens is 1. The monoisotopic (exact) mass is 261 g/mol. The first-order valence-electron chi connectivity index (χ1n) is 4.70. The lowest BCUT2D eigenvalue weighted by Gasteiger charge is -2.13. The Morgan fingerprint density at radius 1 is 1.44 bits per heavy atom. The molecule has 1 amide bonds. The van der Waals surface area contributed by atoms with Crippen LogP contribution in [0.15, 0.2) is 12.1 Å². The van der Waals surface area contributed by atoms with Crippen molar-refractivity contribution in [2.24, 2.45) is 0 Å². The summed E-state index contributed by atoms with van der Waals surface area (Å²) in [5, 5.41) is 11.1. The Balaban J connectivity index is 2.64. The van der Waals surface area contributed by atoms with Crippen molar-refractivity contribution < 1.29 is 14.7 Å². The first-order valence-corrected chi connectivity index (χ1v) is 5.89. The quantitative estimate of drug-likeness (QED) is 0.872. The van der Waals surface area contributed by atoms with Gasteiger partial charge in [0.2, 0.25) is 5.91 Å². The summed E-state index contributed by atoms with van der Waals surface area (Å²) in [4.78, 5) is 23.0. The molecule has 6 heteroatoms. The maximum Gasteiger partial charge on any atom is 0.325 e. The Labute approximate surface area is 102 Å². The number of hydrogen-bond acceptors (Lipinski definition) is 3. The van der Waals surface area contributed by atoms with E-state index in [1.165, 1.54) is 18.3 Å². The van der Waals surface area contributed by atoms with E-state index in [1.54, 1.807) is 19.1 Å². The predicted molar refractivity (Wildman–Crippen MR) is 63.0 cm³/mol. The van der Waals surface area contributed by atoms with Crippen molar-refractivity contribution >= 4 is 34.8 Å². The van der Waals surface area contributed by atoms with E-state index in [2.05, 4.69) is 5.32 Å². The van der Waals surface area contributed by atoms with Crippen LogP contribution < -0.4 is 5.32 Å². The first kappa shape index (κ1) is 13.0. The molecular weight excluding hydrogens is 250 g/mol.